The Morgan fingerprint density at radius 3 is 2.48 bits per heavy atom. The van der Waals surface area contributed by atoms with Gasteiger partial charge < -0.3 is 5.73 Å². The van der Waals surface area contributed by atoms with Crippen molar-refractivity contribution in [1.29, 1.82) is 0 Å². The molecule has 0 aliphatic rings. The van der Waals surface area contributed by atoms with Gasteiger partial charge in [-0.25, -0.2) is 0 Å². The lowest BCUT2D eigenvalue weighted by molar-refractivity contribution is 0.601. The quantitative estimate of drug-likeness (QED) is 0.922. The molecule has 1 atom stereocenters. The van der Waals surface area contributed by atoms with Crippen molar-refractivity contribution in [1.82, 2.24) is 19.6 Å². The van der Waals surface area contributed by atoms with Gasteiger partial charge in [0.1, 0.15) is 0 Å². The molecule has 0 aliphatic heterocycles. The van der Waals surface area contributed by atoms with E-state index in [1.165, 1.54) is 5.56 Å². The van der Waals surface area contributed by atoms with Crippen LogP contribution in [0.5, 0.6) is 0 Å². The molecule has 6 heteroatoms. The lowest BCUT2D eigenvalue weighted by Crippen LogP contribution is -2.18. The van der Waals surface area contributed by atoms with Crippen LogP contribution in [0.1, 0.15) is 42.2 Å². The van der Waals surface area contributed by atoms with Crippen molar-refractivity contribution in [3.8, 4) is 0 Å². The molecule has 116 valence electrons. The van der Waals surface area contributed by atoms with E-state index in [4.69, 9.17) is 17.3 Å². The molecule has 0 radical (unpaired) electrons. The third-order valence-electron chi connectivity index (χ3n) is 3.86. The van der Waals surface area contributed by atoms with Gasteiger partial charge in [0.05, 0.1) is 28.6 Å². The molecule has 2 N–H and O–H groups in total. The first kappa shape index (κ1) is 16.0. The fraction of sp³-hybridized carbons (Fsp3) is 0.600. The average Bonchev–Trinajstić information content (AvgIpc) is 2.83. The van der Waals surface area contributed by atoms with E-state index in [2.05, 4.69) is 24.0 Å². The molecule has 2 aromatic heterocycles. The summed E-state index contributed by atoms with van der Waals surface area (Å²) in [6.07, 6.45) is 1.68. The van der Waals surface area contributed by atoms with Gasteiger partial charge in [-0.15, -0.1) is 0 Å². The van der Waals surface area contributed by atoms with E-state index in [1.54, 1.807) is 0 Å². The summed E-state index contributed by atoms with van der Waals surface area (Å²) in [4.78, 5) is 0. The van der Waals surface area contributed by atoms with Crippen LogP contribution in [0, 0.1) is 13.8 Å². The Morgan fingerprint density at radius 2 is 1.95 bits per heavy atom. The lowest BCUT2D eigenvalue weighted by Gasteiger charge is -2.08. The van der Waals surface area contributed by atoms with E-state index in [0.717, 1.165) is 40.6 Å². The number of nitrogens with two attached hydrogens (primary N) is 1. The van der Waals surface area contributed by atoms with E-state index in [0.29, 0.717) is 6.54 Å². The minimum Gasteiger partial charge on any atom is -0.328 e. The number of hydrogen-bond acceptors (Lipinski definition) is 3. The van der Waals surface area contributed by atoms with Crippen molar-refractivity contribution in [2.45, 2.75) is 53.1 Å². The molecule has 0 spiro atoms. The van der Waals surface area contributed by atoms with Crippen LogP contribution in [-0.4, -0.2) is 25.6 Å². The maximum absolute atomic E-state index is 6.42. The van der Waals surface area contributed by atoms with Gasteiger partial charge in [0.2, 0.25) is 0 Å². The van der Waals surface area contributed by atoms with Crippen LogP contribution in [0.2, 0.25) is 5.02 Å². The molecule has 0 aromatic carbocycles. The molecule has 1 unspecified atom stereocenters. The highest BCUT2D eigenvalue weighted by atomic mass is 35.5. The minimum atomic E-state index is 0.132. The van der Waals surface area contributed by atoms with E-state index >= 15 is 0 Å². The summed E-state index contributed by atoms with van der Waals surface area (Å²) in [5.74, 6) is 0. The first-order valence-corrected chi connectivity index (χ1v) is 7.71. The monoisotopic (exact) mass is 309 g/mol. The fourth-order valence-corrected chi connectivity index (χ4v) is 2.99. The van der Waals surface area contributed by atoms with Crippen LogP contribution >= 0.6 is 11.6 Å². The lowest BCUT2D eigenvalue weighted by atomic mass is 10.1. The third-order valence-corrected chi connectivity index (χ3v) is 4.30. The standard InChI is InChI=1S/C15H24ClN5/c1-6-13-15(16)14(20(5)19-13)8-21-11(4)12(7-9(2)17)10(3)18-21/h9H,6-8,17H2,1-5H3. The molecule has 0 aliphatic carbocycles. The second-order valence-corrected chi connectivity index (χ2v) is 6.05. The Bertz CT molecular complexity index is 639. The molecule has 5 nitrogen and oxygen atoms in total. The smallest absolute Gasteiger partial charge is 0.0869 e. The molecule has 2 rings (SSSR count). The number of aryl methyl sites for hydroxylation is 3. The predicted octanol–water partition coefficient (Wildman–Crippen LogP) is 2.39. The first-order chi connectivity index (χ1) is 9.85. The largest absolute Gasteiger partial charge is 0.328 e. The summed E-state index contributed by atoms with van der Waals surface area (Å²) in [6.45, 7) is 8.82. The zero-order valence-corrected chi connectivity index (χ0v) is 14.2. The third kappa shape index (κ3) is 3.14. The fourth-order valence-electron chi connectivity index (χ4n) is 2.64. The maximum Gasteiger partial charge on any atom is 0.0869 e. The van der Waals surface area contributed by atoms with E-state index in [-0.39, 0.29) is 6.04 Å². The van der Waals surface area contributed by atoms with Crippen LogP contribution in [-0.2, 0) is 26.4 Å². The van der Waals surface area contributed by atoms with Gasteiger partial charge in [-0.05, 0) is 39.2 Å². The Morgan fingerprint density at radius 1 is 1.29 bits per heavy atom. The van der Waals surface area contributed by atoms with Gasteiger partial charge in [0.15, 0.2) is 0 Å². The summed E-state index contributed by atoms with van der Waals surface area (Å²) in [7, 11) is 1.93. The number of rotatable bonds is 5. The van der Waals surface area contributed by atoms with Crippen LogP contribution in [0.25, 0.3) is 0 Å². The highest BCUT2D eigenvalue weighted by Crippen LogP contribution is 2.23. The van der Waals surface area contributed by atoms with Crippen molar-refractivity contribution in [3.63, 3.8) is 0 Å². The van der Waals surface area contributed by atoms with Crippen molar-refractivity contribution in [2.75, 3.05) is 0 Å². The molecule has 0 bridgehead atoms. The normalized spacial score (nSPS) is 12.9. The van der Waals surface area contributed by atoms with E-state index < -0.39 is 0 Å². The highest BCUT2D eigenvalue weighted by molar-refractivity contribution is 6.31. The van der Waals surface area contributed by atoms with E-state index in [9.17, 15) is 0 Å². The summed E-state index contributed by atoms with van der Waals surface area (Å²) in [6, 6.07) is 0.132. The highest BCUT2D eigenvalue weighted by Gasteiger charge is 2.17. The predicted molar refractivity (Wildman–Crippen MR) is 85.8 cm³/mol. The van der Waals surface area contributed by atoms with Crippen molar-refractivity contribution in [3.05, 3.63) is 33.4 Å². The second-order valence-electron chi connectivity index (χ2n) is 5.67. The summed E-state index contributed by atoms with van der Waals surface area (Å²) in [5.41, 5.74) is 11.3. The topological polar surface area (TPSA) is 61.7 Å². The summed E-state index contributed by atoms with van der Waals surface area (Å²) in [5, 5.41) is 9.84. The summed E-state index contributed by atoms with van der Waals surface area (Å²) < 4.78 is 3.85. The zero-order valence-electron chi connectivity index (χ0n) is 13.4. The molecule has 0 saturated heterocycles. The van der Waals surface area contributed by atoms with Crippen LogP contribution in [0.3, 0.4) is 0 Å². The Balaban J connectivity index is 2.35. The van der Waals surface area contributed by atoms with Crippen LogP contribution in [0.15, 0.2) is 0 Å². The molecule has 2 aromatic rings. The SMILES string of the molecule is CCc1nn(C)c(Cn2nc(C)c(CC(C)N)c2C)c1Cl. The van der Waals surface area contributed by atoms with Gasteiger partial charge in [-0.1, -0.05) is 18.5 Å². The van der Waals surface area contributed by atoms with Gasteiger partial charge in [0, 0.05) is 18.8 Å². The maximum atomic E-state index is 6.42. The number of hydrogen-bond donors (Lipinski definition) is 1. The molecular formula is C15H24ClN5. The molecule has 0 saturated carbocycles. The molecule has 0 amide bonds. The van der Waals surface area contributed by atoms with Crippen LogP contribution < -0.4 is 5.73 Å². The first-order valence-electron chi connectivity index (χ1n) is 7.33. The van der Waals surface area contributed by atoms with Crippen molar-refractivity contribution < 1.29 is 0 Å². The number of nitrogens with zero attached hydrogens (tertiary/aromatic N) is 4. The number of aromatic nitrogens is 4. The molecular weight excluding hydrogens is 286 g/mol. The van der Waals surface area contributed by atoms with Gasteiger partial charge >= 0.3 is 0 Å². The van der Waals surface area contributed by atoms with Gasteiger partial charge in [-0.2, -0.15) is 10.2 Å². The van der Waals surface area contributed by atoms with Crippen molar-refractivity contribution in [2.24, 2.45) is 12.8 Å². The van der Waals surface area contributed by atoms with E-state index in [1.807, 2.05) is 30.3 Å². The number of halogens is 1. The van der Waals surface area contributed by atoms with Crippen molar-refractivity contribution >= 4 is 11.6 Å². The Kier molecular flexibility index (Phi) is 4.74. The van der Waals surface area contributed by atoms with Gasteiger partial charge in [0.25, 0.3) is 0 Å². The molecule has 0 fully saturated rings. The zero-order chi connectivity index (χ0) is 15.7. The minimum absolute atomic E-state index is 0.132. The summed E-state index contributed by atoms with van der Waals surface area (Å²) >= 11 is 6.42. The second kappa shape index (κ2) is 6.20. The van der Waals surface area contributed by atoms with Gasteiger partial charge in [-0.3, -0.25) is 9.36 Å². The average molecular weight is 310 g/mol. The van der Waals surface area contributed by atoms with Crippen LogP contribution in [0.4, 0.5) is 0 Å². The Hall–Kier alpha value is -1.33. The Labute approximate surface area is 131 Å². The molecule has 2 heterocycles. The molecule has 21 heavy (non-hydrogen) atoms.